The zero-order chi connectivity index (χ0) is 9.14. The molecule has 4 nitrogen and oxygen atoms in total. The van der Waals surface area contributed by atoms with E-state index < -0.39 is 21.3 Å². The summed E-state index contributed by atoms with van der Waals surface area (Å²) in [6, 6.07) is 5.69. The summed E-state index contributed by atoms with van der Waals surface area (Å²) in [7, 11) is 0. The van der Waals surface area contributed by atoms with E-state index in [4.69, 9.17) is 13.3 Å². The second-order valence-electron chi connectivity index (χ2n) is 2.14. The molecule has 0 amide bonds. The number of carboxylic acid groups (broad SMARTS) is 1. The van der Waals surface area contributed by atoms with E-state index in [2.05, 4.69) is 0 Å². The topological polar surface area (TPSA) is 77.8 Å². The van der Waals surface area contributed by atoms with Gasteiger partial charge in [0.15, 0.2) is 0 Å². The van der Waals surface area contributed by atoms with Crippen LogP contribution in [0.5, 0.6) is 0 Å². The van der Waals surface area contributed by atoms with Crippen LogP contribution in [0.2, 0.25) is 0 Å². The molecule has 0 aliphatic carbocycles. The quantitative estimate of drug-likeness (QED) is 0.573. The van der Waals surface area contributed by atoms with Crippen LogP contribution in [0.4, 0.5) is 0 Å². The van der Waals surface area contributed by atoms with Gasteiger partial charge in [0.1, 0.15) is 0 Å². The molecule has 1 aromatic rings. The molecule has 0 saturated heterocycles. The van der Waals surface area contributed by atoms with Crippen molar-refractivity contribution < 1.29 is 18.1 Å². The molecule has 12 heavy (non-hydrogen) atoms. The molecule has 0 atom stereocenters. The van der Waals surface area contributed by atoms with Crippen molar-refractivity contribution in [1.29, 1.82) is 0 Å². The van der Waals surface area contributed by atoms with Gasteiger partial charge in [0.25, 0.3) is 0 Å². The summed E-state index contributed by atoms with van der Waals surface area (Å²) in [4.78, 5) is 10.4. The molecule has 0 aliphatic rings. The monoisotopic (exact) mass is 230 g/mol. The summed E-state index contributed by atoms with van der Waals surface area (Å²) in [5.41, 5.74) is 0.0787. The van der Waals surface area contributed by atoms with E-state index in [0.717, 1.165) is 0 Å². The predicted octanol–water partition coefficient (Wildman–Crippen LogP) is -0.935. The summed E-state index contributed by atoms with van der Waals surface area (Å²) in [5, 5.41) is 8.54. The van der Waals surface area contributed by atoms with E-state index in [0.29, 0.717) is 4.35 Å². The Morgan fingerprint density at radius 3 is 2.50 bits per heavy atom. The molecule has 0 aliphatic heterocycles. The molecule has 0 unspecified atom stereocenters. The summed E-state index contributed by atoms with van der Waals surface area (Å²) in [6.45, 7) is 0. The summed E-state index contributed by atoms with van der Waals surface area (Å²) in [5.74, 6) is -1.06. The minimum absolute atomic E-state index is 0.0787. The zero-order valence-electron chi connectivity index (χ0n) is 6.01. The molecular weight excluding hydrogens is 223 g/mol. The van der Waals surface area contributed by atoms with E-state index in [1.54, 1.807) is 0 Å². The summed E-state index contributed by atoms with van der Waals surface area (Å²) >= 11 is -2.92. The van der Waals surface area contributed by atoms with Crippen molar-refractivity contribution in [3.63, 3.8) is 0 Å². The molecule has 0 radical (unpaired) electrons. The number of carboxylic acids is 1. The summed E-state index contributed by atoms with van der Waals surface area (Å²) in [6.07, 6.45) is 0. The summed E-state index contributed by atoms with van der Waals surface area (Å²) < 4.78 is 18.0. The number of aromatic carboxylic acids is 1. The molecule has 0 saturated carbocycles. The van der Waals surface area contributed by atoms with Gasteiger partial charge in [-0.25, -0.2) is 0 Å². The van der Waals surface area contributed by atoms with Gasteiger partial charge >= 0.3 is 73.6 Å². The van der Waals surface area contributed by atoms with E-state index in [1.807, 2.05) is 0 Å². The third-order valence-electron chi connectivity index (χ3n) is 1.32. The van der Waals surface area contributed by atoms with Gasteiger partial charge in [-0.1, -0.05) is 0 Å². The fourth-order valence-corrected chi connectivity index (χ4v) is 1.76. The van der Waals surface area contributed by atoms with Crippen LogP contribution in [0.1, 0.15) is 10.4 Å². The first-order valence-corrected chi connectivity index (χ1v) is 5.74. The van der Waals surface area contributed by atoms with Crippen LogP contribution in [0.3, 0.4) is 0 Å². The van der Waals surface area contributed by atoms with Crippen molar-refractivity contribution in [3.05, 3.63) is 29.8 Å². The van der Waals surface area contributed by atoms with Crippen LogP contribution in [-0.2, 0) is 0 Å². The first-order valence-electron chi connectivity index (χ1n) is 3.12. The van der Waals surface area contributed by atoms with Crippen LogP contribution in [0, 0.1) is 0 Å². The third kappa shape index (κ3) is 2.08. The molecule has 5 heteroatoms. The van der Waals surface area contributed by atoms with Gasteiger partial charge in [0.2, 0.25) is 0 Å². The Morgan fingerprint density at radius 2 is 2.00 bits per heavy atom. The third-order valence-corrected chi connectivity index (χ3v) is 2.88. The standard InChI is InChI=1S/C7H7AsO4/c9-7(10)5-2-1-3-6(4-5)8(11)12/h1-4,11-12H,(H,9,10). The molecule has 0 fully saturated rings. The molecule has 1 rings (SSSR count). The maximum absolute atomic E-state index is 10.4. The van der Waals surface area contributed by atoms with Crippen molar-refractivity contribution in [2.24, 2.45) is 0 Å². The Labute approximate surface area is 74.1 Å². The Morgan fingerprint density at radius 1 is 1.33 bits per heavy atom. The molecule has 0 bridgehead atoms. The molecule has 64 valence electrons. The van der Waals surface area contributed by atoms with Crippen molar-refractivity contribution in [3.8, 4) is 0 Å². The normalized spacial score (nSPS) is 10.2. The second kappa shape index (κ2) is 3.72. The van der Waals surface area contributed by atoms with E-state index in [-0.39, 0.29) is 5.56 Å². The molecule has 1 aromatic carbocycles. The number of rotatable bonds is 2. The number of benzene rings is 1. The fraction of sp³-hybridized carbons (Fsp3) is 0. The van der Waals surface area contributed by atoms with Crippen molar-refractivity contribution in [1.82, 2.24) is 0 Å². The maximum atomic E-state index is 10.4. The van der Waals surface area contributed by atoms with Gasteiger partial charge in [0, 0.05) is 0 Å². The van der Waals surface area contributed by atoms with Gasteiger partial charge in [-0.3, -0.25) is 0 Å². The van der Waals surface area contributed by atoms with Gasteiger partial charge in [-0.15, -0.1) is 0 Å². The molecular formula is C7H7AsO4. The van der Waals surface area contributed by atoms with Crippen LogP contribution in [0.15, 0.2) is 24.3 Å². The van der Waals surface area contributed by atoms with Crippen LogP contribution in [0.25, 0.3) is 0 Å². The Hall–Kier alpha value is -0.832. The number of hydrogen-bond acceptors (Lipinski definition) is 3. The predicted molar refractivity (Wildman–Crippen MR) is 43.2 cm³/mol. The Bertz CT molecular complexity index is 297. The average molecular weight is 230 g/mol. The fourth-order valence-electron chi connectivity index (χ4n) is 0.763. The number of carbonyl (C=O) groups is 1. The van der Waals surface area contributed by atoms with E-state index in [1.165, 1.54) is 24.3 Å². The van der Waals surface area contributed by atoms with E-state index in [9.17, 15) is 4.79 Å². The first kappa shape index (κ1) is 9.26. The molecule has 0 heterocycles. The molecule has 3 N–H and O–H groups in total. The first-order chi connectivity index (χ1) is 5.61. The van der Waals surface area contributed by atoms with Gasteiger partial charge in [-0.05, 0) is 0 Å². The zero-order valence-corrected chi connectivity index (χ0v) is 7.88. The van der Waals surface area contributed by atoms with Crippen LogP contribution >= 0.6 is 0 Å². The van der Waals surface area contributed by atoms with Gasteiger partial charge in [-0.2, -0.15) is 0 Å². The van der Waals surface area contributed by atoms with Crippen molar-refractivity contribution in [2.45, 2.75) is 0 Å². The van der Waals surface area contributed by atoms with Crippen LogP contribution < -0.4 is 4.35 Å². The van der Waals surface area contributed by atoms with E-state index >= 15 is 0 Å². The number of hydrogen-bond donors (Lipinski definition) is 3. The Kier molecular flexibility index (Phi) is 2.87. The van der Waals surface area contributed by atoms with Crippen LogP contribution in [-0.4, -0.2) is 34.6 Å². The van der Waals surface area contributed by atoms with Gasteiger partial charge in [0.05, 0.1) is 0 Å². The molecule has 0 spiro atoms. The SMILES string of the molecule is O=C(O)c1cccc([As](O)O)c1. The second-order valence-corrected chi connectivity index (χ2v) is 4.44. The molecule has 0 aromatic heterocycles. The van der Waals surface area contributed by atoms with Crippen molar-refractivity contribution in [2.75, 3.05) is 0 Å². The van der Waals surface area contributed by atoms with Crippen molar-refractivity contribution >= 4 is 25.7 Å². The van der Waals surface area contributed by atoms with Gasteiger partial charge < -0.3 is 0 Å². The average Bonchev–Trinajstić information content (AvgIpc) is 2.04. The minimum atomic E-state index is -2.92. The Balaban J connectivity index is 3.04.